The summed E-state index contributed by atoms with van der Waals surface area (Å²) in [4.78, 5) is 5.21. The molecule has 3 atom stereocenters. The molecule has 0 aromatic carbocycles. The van der Waals surface area contributed by atoms with Crippen molar-refractivity contribution in [1.29, 1.82) is 10.5 Å². The molecule has 1 aliphatic carbocycles. The number of amidine groups is 1. The number of rotatable bonds is 5. The average molecular weight is 316 g/mol. The van der Waals surface area contributed by atoms with Gasteiger partial charge >= 0.3 is 0 Å². The molecule has 0 radical (unpaired) electrons. The maximum Gasteiger partial charge on any atom is 0.293 e. The van der Waals surface area contributed by atoms with Gasteiger partial charge in [0.2, 0.25) is 0 Å². The molecule has 0 unspecified atom stereocenters. The fourth-order valence-corrected chi connectivity index (χ4v) is 4.59. The molecule has 1 fully saturated rings. The first kappa shape index (κ1) is 15.0. The van der Waals surface area contributed by atoms with Crippen molar-refractivity contribution in [2.24, 2.45) is 21.6 Å². The lowest BCUT2D eigenvalue weighted by atomic mass is 9.93. The molecule has 1 aromatic heterocycles. The first-order chi connectivity index (χ1) is 10.6. The number of ether oxygens (including phenoxy) is 2. The molecule has 7 heteroatoms. The second-order valence-electron chi connectivity index (χ2n) is 5.23. The molecule has 2 heterocycles. The molecule has 0 spiro atoms. The van der Waals surface area contributed by atoms with Crippen LogP contribution in [0.2, 0.25) is 0 Å². The highest BCUT2D eigenvalue weighted by atomic mass is 32.1. The van der Waals surface area contributed by atoms with Crippen LogP contribution in [0.4, 0.5) is 0 Å². The molecular formula is C15H16N4O2S. The molecule has 6 nitrogen and oxygen atoms in total. The van der Waals surface area contributed by atoms with E-state index in [1.807, 2.05) is 17.5 Å². The summed E-state index contributed by atoms with van der Waals surface area (Å²) < 4.78 is 11.5. The SMILES string of the molecule is CCOC1(OCC)N=C(N)[C@@]2(C#N)[C@H](c3cccs3)[C@@]12C#N. The summed E-state index contributed by atoms with van der Waals surface area (Å²) in [7, 11) is 0. The predicted octanol–water partition coefficient (Wildman–Crippen LogP) is 1.96. The van der Waals surface area contributed by atoms with Gasteiger partial charge in [0.25, 0.3) is 5.91 Å². The number of hydrogen-bond donors (Lipinski definition) is 1. The second kappa shape index (κ2) is 4.79. The molecule has 3 rings (SSSR count). The standard InChI is InChI=1S/C15H16N4O2S/c1-3-20-15(21-4-2)14(9-17)11(10-6-5-7-22-10)13(14,8-16)12(18)19-15/h5-7,11H,3-4H2,1-2H3,(H2,18,19)/t11-,13+,14+/m0/s1. The van der Waals surface area contributed by atoms with Gasteiger partial charge in [0.15, 0.2) is 10.8 Å². The zero-order valence-electron chi connectivity index (χ0n) is 12.4. The van der Waals surface area contributed by atoms with Crippen LogP contribution in [0.25, 0.3) is 0 Å². The van der Waals surface area contributed by atoms with Gasteiger partial charge in [-0.2, -0.15) is 10.5 Å². The summed E-state index contributed by atoms with van der Waals surface area (Å²) in [6.45, 7) is 4.21. The average Bonchev–Trinajstić information content (AvgIpc) is 2.78. The minimum atomic E-state index is -1.51. The van der Waals surface area contributed by atoms with Crippen LogP contribution in [0.3, 0.4) is 0 Å². The summed E-state index contributed by atoms with van der Waals surface area (Å²) >= 11 is 1.49. The maximum absolute atomic E-state index is 9.95. The molecule has 22 heavy (non-hydrogen) atoms. The predicted molar refractivity (Wildman–Crippen MR) is 80.8 cm³/mol. The molecule has 114 valence electrons. The van der Waals surface area contributed by atoms with Crippen molar-refractivity contribution >= 4 is 17.2 Å². The summed E-state index contributed by atoms with van der Waals surface area (Å²) in [5.74, 6) is -1.78. The van der Waals surface area contributed by atoms with Gasteiger partial charge in [-0.1, -0.05) is 6.07 Å². The van der Waals surface area contributed by atoms with E-state index in [1.54, 1.807) is 13.8 Å². The second-order valence-corrected chi connectivity index (χ2v) is 6.21. The van der Waals surface area contributed by atoms with E-state index in [0.29, 0.717) is 13.2 Å². The quantitative estimate of drug-likeness (QED) is 0.836. The lowest BCUT2D eigenvalue weighted by molar-refractivity contribution is -0.255. The van der Waals surface area contributed by atoms with Gasteiger partial charge in [-0.3, -0.25) is 0 Å². The Bertz CT molecular complexity index is 696. The number of hydrogen-bond acceptors (Lipinski definition) is 7. The van der Waals surface area contributed by atoms with E-state index in [2.05, 4.69) is 17.1 Å². The van der Waals surface area contributed by atoms with Crippen LogP contribution in [0, 0.1) is 33.5 Å². The van der Waals surface area contributed by atoms with Gasteiger partial charge in [0.05, 0.1) is 12.1 Å². The monoisotopic (exact) mass is 316 g/mol. The molecule has 2 aliphatic rings. The van der Waals surface area contributed by atoms with Crippen molar-refractivity contribution in [3.05, 3.63) is 22.4 Å². The Kier molecular flexibility index (Phi) is 3.26. The van der Waals surface area contributed by atoms with Crippen LogP contribution in [0.1, 0.15) is 24.6 Å². The largest absolute Gasteiger partial charge is 0.386 e. The number of nitrogens with two attached hydrogens (primary N) is 1. The normalized spacial score (nSPS) is 34.4. The molecule has 1 saturated carbocycles. The molecule has 2 N–H and O–H groups in total. The minimum Gasteiger partial charge on any atom is -0.386 e. The van der Waals surface area contributed by atoms with E-state index in [9.17, 15) is 10.5 Å². The number of aliphatic imine (C=N–C) groups is 1. The highest BCUT2D eigenvalue weighted by molar-refractivity contribution is 7.10. The first-order valence-corrected chi connectivity index (χ1v) is 7.97. The van der Waals surface area contributed by atoms with Crippen LogP contribution in [-0.2, 0) is 9.47 Å². The van der Waals surface area contributed by atoms with Crippen molar-refractivity contribution in [3.63, 3.8) is 0 Å². The smallest absolute Gasteiger partial charge is 0.293 e. The highest BCUT2D eigenvalue weighted by Gasteiger charge is 2.94. The van der Waals surface area contributed by atoms with Crippen molar-refractivity contribution in [2.75, 3.05) is 13.2 Å². The van der Waals surface area contributed by atoms with Gasteiger partial charge in [-0.25, -0.2) is 4.99 Å². The van der Waals surface area contributed by atoms with Gasteiger partial charge in [-0.15, -0.1) is 11.3 Å². The summed E-state index contributed by atoms with van der Waals surface area (Å²) in [6, 6.07) is 8.30. The zero-order valence-corrected chi connectivity index (χ0v) is 13.2. The van der Waals surface area contributed by atoms with Crippen LogP contribution in [0.15, 0.2) is 22.5 Å². The Balaban J connectivity index is 2.22. The number of nitriles is 2. The van der Waals surface area contributed by atoms with Gasteiger partial charge < -0.3 is 15.2 Å². The van der Waals surface area contributed by atoms with Crippen molar-refractivity contribution in [3.8, 4) is 12.1 Å². The third-order valence-electron chi connectivity index (χ3n) is 4.44. The van der Waals surface area contributed by atoms with Crippen molar-refractivity contribution < 1.29 is 9.47 Å². The third kappa shape index (κ3) is 1.37. The van der Waals surface area contributed by atoms with Crippen molar-refractivity contribution in [1.82, 2.24) is 0 Å². The molecular weight excluding hydrogens is 300 g/mol. The van der Waals surface area contributed by atoms with Gasteiger partial charge in [0.1, 0.15) is 5.84 Å². The van der Waals surface area contributed by atoms with Crippen molar-refractivity contribution in [2.45, 2.75) is 25.7 Å². The Morgan fingerprint density at radius 1 is 1.32 bits per heavy atom. The third-order valence-corrected chi connectivity index (χ3v) is 5.37. The van der Waals surface area contributed by atoms with Crippen LogP contribution < -0.4 is 5.73 Å². The van der Waals surface area contributed by atoms with Gasteiger partial charge in [0, 0.05) is 24.0 Å². The summed E-state index contributed by atoms with van der Waals surface area (Å²) in [5, 5.41) is 21.7. The molecule has 0 bridgehead atoms. The molecule has 0 amide bonds. The van der Waals surface area contributed by atoms with E-state index in [0.717, 1.165) is 4.88 Å². The Labute approximate surface area is 132 Å². The van der Waals surface area contributed by atoms with E-state index in [1.165, 1.54) is 11.3 Å². The van der Waals surface area contributed by atoms with E-state index in [-0.39, 0.29) is 11.8 Å². The first-order valence-electron chi connectivity index (χ1n) is 7.09. The van der Waals surface area contributed by atoms with Gasteiger partial charge in [-0.05, 0) is 25.3 Å². The topological polar surface area (TPSA) is 104 Å². The Morgan fingerprint density at radius 2 is 2.00 bits per heavy atom. The van der Waals surface area contributed by atoms with Crippen LogP contribution in [-0.4, -0.2) is 25.0 Å². The van der Waals surface area contributed by atoms with E-state index < -0.39 is 16.7 Å². The highest BCUT2D eigenvalue weighted by Crippen LogP contribution is 2.82. The maximum atomic E-state index is 9.95. The Morgan fingerprint density at radius 3 is 2.45 bits per heavy atom. The lowest BCUT2D eigenvalue weighted by Gasteiger charge is -2.31. The Hall–Kier alpha value is -1.93. The molecule has 0 saturated heterocycles. The van der Waals surface area contributed by atoms with E-state index in [4.69, 9.17) is 15.2 Å². The van der Waals surface area contributed by atoms with E-state index >= 15 is 0 Å². The lowest BCUT2D eigenvalue weighted by Crippen LogP contribution is -2.43. The fraction of sp³-hybridized carbons (Fsp3) is 0.533. The molecule has 1 aliphatic heterocycles. The summed E-state index contributed by atoms with van der Waals surface area (Å²) in [5.41, 5.74) is 3.66. The zero-order chi connectivity index (χ0) is 16.0. The summed E-state index contributed by atoms with van der Waals surface area (Å²) in [6.07, 6.45) is 0. The fourth-order valence-electron chi connectivity index (χ4n) is 3.63. The molecule has 1 aromatic rings. The number of thiophene rings is 1. The number of fused-ring (bicyclic) bond motifs is 1. The minimum absolute atomic E-state index is 0.122. The van der Waals surface area contributed by atoms with Crippen LogP contribution >= 0.6 is 11.3 Å². The number of nitrogens with zero attached hydrogens (tertiary/aromatic N) is 3. The van der Waals surface area contributed by atoms with Crippen LogP contribution in [0.5, 0.6) is 0 Å².